The van der Waals surface area contributed by atoms with Crippen molar-refractivity contribution in [1.82, 2.24) is 35.3 Å². The van der Waals surface area contributed by atoms with Gasteiger partial charge in [0.2, 0.25) is 5.95 Å². The molecule has 2 aromatic carbocycles. The van der Waals surface area contributed by atoms with Crippen molar-refractivity contribution in [2.75, 3.05) is 79.9 Å². The SMILES string of the molecule is C=C(CCC1=Cc2cc(Nc3nc(N4CCC(CN5CCN(c6ccc7c(C8CCC(=C)NC8=C)nn(C)c7c6)CC5)CC4)ncc3Cl)ccc2N(C)C1=C)NC. The molecule has 0 aliphatic carbocycles. The molecule has 4 aliphatic rings. The highest BCUT2D eigenvalue weighted by Crippen LogP contribution is 2.39. The Labute approximate surface area is 342 Å². The number of fused-ring (bicyclic) bond motifs is 2. The number of likely N-dealkylation sites (N-methyl/N-ethyl adjacent to an activating group) is 1. The Morgan fingerprint density at radius 2 is 1.75 bits per heavy atom. The zero-order chi connectivity index (χ0) is 39.8. The first-order valence-corrected chi connectivity index (χ1v) is 20.7. The fraction of sp³-hybridized carbons (Fsp3) is 0.400. The van der Waals surface area contributed by atoms with E-state index in [9.17, 15) is 0 Å². The van der Waals surface area contributed by atoms with Crippen LogP contribution in [0.25, 0.3) is 17.0 Å². The van der Waals surface area contributed by atoms with Crippen molar-refractivity contribution in [2.45, 2.75) is 44.4 Å². The van der Waals surface area contributed by atoms with Gasteiger partial charge in [-0.2, -0.15) is 10.1 Å². The quantitative estimate of drug-likeness (QED) is 0.138. The topological polar surface area (TPSA) is 92.7 Å². The van der Waals surface area contributed by atoms with Crippen molar-refractivity contribution in [3.63, 3.8) is 0 Å². The summed E-state index contributed by atoms with van der Waals surface area (Å²) in [6.07, 6.45) is 9.84. The molecule has 11 nitrogen and oxygen atoms in total. The van der Waals surface area contributed by atoms with Gasteiger partial charge in [-0.15, -0.1) is 0 Å². The molecule has 0 saturated carbocycles. The number of nitrogens with zero attached hydrogens (tertiary/aromatic N) is 8. The van der Waals surface area contributed by atoms with Gasteiger partial charge in [-0.3, -0.25) is 9.58 Å². The fourth-order valence-corrected chi connectivity index (χ4v) is 8.95. The van der Waals surface area contributed by atoms with Crippen LogP contribution >= 0.6 is 11.6 Å². The highest BCUT2D eigenvalue weighted by Gasteiger charge is 2.28. The molecule has 0 radical (unpaired) electrons. The lowest BCUT2D eigenvalue weighted by atomic mass is 9.90. The van der Waals surface area contributed by atoms with E-state index in [1.54, 1.807) is 6.20 Å². The number of hydrogen-bond acceptors (Lipinski definition) is 10. The molecule has 1 unspecified atom stereocenters. The molecule has 298 valence electrons. The second-order valence-electron chi connectivity index (χ2n) is 16.1. The van der Waals surface area contributed by atoms with Gasteiger partial charge in [-0.25, -0.2) is 4.98 Å². The standard InChI is InChI=1S/C45H56ClN11/c1-29(47-5)8-10-34-24-35-25-36(11-15-41(35)53(6)32(34)4)50-44-40(46)27-48-45(51-44)57-18-16-33(17-19-57)28-55-20-22-56(23-21-55)37-12-14-39-42(26-37)54(7)52-43(39)38-13-9-30(2)49-31(38)3/h11-12,14-15,24-27,33,38,47,49H,1-4,8-10,13,16-23,28H2,5-7H3,(H,48,50,51). The molecule has 1 atom stereocenters. The van der Waals surface area contributed by atoms with E-state index in [0.717, 1.165) is 136 Å². The summed E-state index contributed by atoms with van der Waals surface area (Å²) in [5.41, 5.74) is 12.0. The van der Waals surface area contributed by atoms with E-state index in [4.69, 9.17) is 21.7 Å². The predicted octanol–water partition coefficient (Wildman–Crippen LogP) is 8.15. The molecular formula is C45H56ClN11. The maximum atomic E-state index is 6.66. The lowest BCUT2D eigenvalue weighted by Crippen LogP contribution is -2.49. The van der Waals surface area contributed by atoms with Gasteiger partial charge in [0.15, 0.2) is 5.82 Å². The first kappa shape index (κ1) is 38.6. The largest absolute Gasteiger partial charge is 0.392 e. The van der Waals surface area contributed by atoms with Gasteiger partial charge in [0.1, 0.15) is 5.02 Å². The number of benzene rings is 2. The highest BCUT2D eigenvalue weighted by molar-refractivity contribution is 6.32. The fourth-order valence-electron chi connectivity index (χ4n) is 8.82. The normalized spacial score (nSPS) is 19.4. The van der Waals surface area contributed by atoms with Gasteiger partial charge in [0, 0.05) is 124 Å². The molecule has 3 fully saturated rings. The zero-order valence-electron chi connectivity index (χ0n) is 33.7. The number of piperidine rings is 2. The first-order chi connectivity index (χ1) is 27.5. The average molecular weight is 786 g/mol. The van der Waals surface area contributed by atoms with Crippen LogP contribution in [0, 0.1) is 5.92 Å². The van der Waals surface area contributed by atoms with Crippen LogP contribution in [0.1, 0.15) is 55.7 Å². The second-order valence-corrected chi connectivity index (χ2v) is 16.5. The van der Waals surface area contributed by atoms with Crippen molar-refractivity contribution < 1.29 is 0 Å². The summed E-state index contributed by atoms with van der Waals surface area (Å²) in [7, 11) is 6.03. The molecule has 2 aromatic heterocycles. The van der Waals surface area contributed by atoms with Crippen LogP contribution in [-0.4, -0.2) is 84.6 Å². The number of nitrogens with one attached hydrogen (secondary N) is 3. The molecule has 0 spiro atoms. The number of rotatable bonds is 11. The molecule has 3 N–H and O–H groups in total. The van der Waals surface area contributed by atoms with Crippen LogP contribution in [0.15, 0.2) is 97.3 Å². The first-order valence-electron chi connectivity index (χ1n) is 20.3. The molecular weight excluding hydrogens is 730 g/mol. The Balaban J connectivity index is 0.842. The predicted molar refractivity (Wildman–Crippen MR) is 237 cm³/mol. The van der Waals surface area contributed by atoms with Gasteiger partial charge >= 0.3 is 0 Å². The Hall–Kier alpha value is -5.26. The molecule has 8 rings (SSSR count). The van der Waals surface area contributed by atoms with E-state index in [1.165, 1.54) is 22.2 Å². The van der Waals surface area contributed by atoms with E-state index in [-0.39, 0.29) is 5.92 Å². The zero-order valence-corrected chi connectivity index (χ0v) is 34.5. The summed E-state index contributed by atoms with van der Waals surface area (Å²) >= 11 is 6.66. The molecule has 6 heterocycles. The summed E-state index contributed by atoms with van der Waals surface area (Å²) < 4.78 is 2.03. The molecule has 0 amide bonds. The van der Waals surface area contributed by atoms with E-state index < -0.39 is 0 Å². The summed E-state index contributed by atoms with van der Waals surface area (Å²) in [6.45, 7) is 24.0. The number of hydrogen-bond donors (Lipinski definition) is 3. The van der Waals surface area contributed by atoms with Gasteiger partial charge in [0.25, 0.3) is 0 Å². The van der Waals surface area contributed by atoms with E-state index >= 15 is 0 Å². The lowest BCUT2D eigenvalue weighted by molar-refractivity contribution is 0.201. The van der Waals surface area contributed by atoms with E-state index in [0.29, 0.717) is 16.8 Å². The van der Waals surface area contributed by atoms with Crippen molar-refractivity contribution in [3.05, 3.63) is 114 Å². The molecule has 0 bridgehead atoms. The number of anilines is 5. The highest BCUT2D eigenvalue weighted by atomic mass is 35.5. The smallest absolute Gasteiger partial charge is 0.227 e. The number of allylic oxidation sites excluding steroid dienone is 4. The van der Waals surface area contributed by atoms with Crippen molar-refractivity contribution in [2.24, 2.45) is 13.0 Å². The van der Waals surface area contributed by atoms with Crippen LogP contribution in [0.4, 0.5) is 28.8 Å². The minimum atomic E-state index is 0.205. The number of aromatic nitrogens is 4. The monoisotopic (exact) mass is 785 g/mol. The van der Waals surface area contributed by atoms with Crippen LogP contribution in [0.3, 0.4) is 0 Å². The van der Waals surface area contributed by atoms with Crippen LogP contribution in [0.5, 0.6) is 0 Å². The van der Waals surface area contributed by atoms with Gasteiger partial charge in [-0.1, -0.05) is 37.9 Å². The molecule has 57 heavy (non-hydrogen) atoms. The maximum absolute atomic E-state index is 6.66. The van der Waals surface area contributed by atoms with Gasteiger partial charge < -0.3 is 30.7 Å². The minimum absolute atomic E-state index is 0.205. The van der Waals surface area contributed by atoms with Crippen LogP contribution in [-0.2, 0) is 7.05 Å². The molecule has 4 aliphatic heterocycles. The number of halogens is 1. The Morgan fingerprint density at radius 3 is 2.51 bits per heavy atom. The third-order valence-electron chi connectivity index (χ3n) is 12.4. The van der Waals surface area contributed by atoms with E-state index in [2.05, 4.69) is 123 Å². The summed E-state index contributed by atoms with van der Waals surface area (Å²) in [5.74, 6) is 2.20. The van der Waals surface area contributed by atoms with Gasteiger partial charge in [0.05, 0.1) is 17.4 Å². The Kier molecular flexibility index (Phi) is 11.0. The Morgan fingerprint density at radius 1 is 0.965 bits per heavy atom. The molecule has 12 heteroatoms. The third kappa shape index (κ3) is 8.13. The lowest BCUT2D eigenvalue weighted by Gasteiger charge is -2.39. The van der Waals surface area contributed by atoms with Crippen molar-refractivity contribution in [3.8, 4) is 0 Å². The van der Waals surface area contributed by atoms with Crippen LogP contribution in [0.2, 0.25) is 5.02 Å². The molecule has 3 saturated heterocycles. The van der Waals surface area contributed by atoms with Gasteiger partial charge in [-0.05, 0) is 92.5 Å². The molecule has 4 aromatic rings. The van der Waals surface area contributed by atoms with Crippen molar-refractivity contribution >= 4 is 57.4 Å². The minimum Gasteiger partial charge on any atom is -0.392 e. The maximum Gasteiger partial charge on any atom is 0.227 e. The second kappa shape index (κ2) is 16.3. The average Bonchev–Trinajstić information content (AvgIpc) is 3.54. The van der Waals surface area contributed by atoms with Crippen molar-refractivity contribution in [1.29, 1.82) is 0 Å². The van der Waals surface area contributed by atoms with E-state index in [1.807, 2.05) is 11.7 Å². The summed E-state index contributed by atoms with van der Waals surface area (Å²) in [5, 5.41) is 16.7. The third-order valence-corrected chi connectivity index (χ3v) is 12.7. The van der Waals surface area contributed by atoms with Crippen LogP contribution < -0.4 is 30.7 Å². The summed E-state index contributed by atoms with van der Waals surface area (Å²) in [4.78, 5) is 19.2. The summed E-state index contributed by atoms with van der Waals surface area (Å²) in [6, 6.07) is 13.2. The number of piperazine rings is 1. The Bertz CT molecular complexity index is 2240. The number of aryl methyl sites for hydroxylation is 1.